The summed E-state index contributed by atoms with van der Waals surface area (Å²) >= 11 is 0. The van der Waals surface area contributed by atoms with Crippen LogP contribution in [0.15, 0.2) is 164 Å². The molecule has 0 atom stereocenters. The standard InChI is InChI=1S/C24H24N2OSi.C13H11B/c1-2-27-22-14-9-15-23(18-22)28-24(26-17-16-25-19-26,20-10-5-3-6-11-20)21-12-7-4-8-13-21;14-13(11-7-3-1-4-8-11)12-9-5-2-6-10-12/h3-19H,2,28H2,1H3;1-10,13H. The molecule has 206 valence electrons. The van der Waals surface area contributed by atoms with E-state index in [4.69, 9.17) is 12.6 Å². The molecule has 3 nitrogen and oxygen atoms in total. The molecule has 0 fully saturated rings. The van der Waals surface area contributed by atoms with E-state index in [9.17, 15) is 0 Å². The zero-order valence-electron chi connectivity index (χ0n) is 24.0. The molecule has 0 spiro atoms. The summed E-state index contributed by atoms with van der Waals surface area (Å²) in [6.07, 6.45) is 5.89. The predicted molar refractivity (Wildman–Crippen MR) is 178 cm³/mol. The molecule has 0 saturated carbocycles. The van der Waals surface area contributed by atoms with Gasteiger partial charge in [-0.2, -0.15) is 0 Å². The third-order valence-electron chi connectivity index (χ3n) is 7.43. The molecular weight excluding hydrogens is 527 g/mol. The molecule has 1 heterocycles. The second-order valence-corrected chi connectivity index (χ2v) is 12.3. The van der Waals surface area contributed by atoms with Crippen molar-refractivity contribution in [3.8, 4) is 5.75 Å². The van der Waals surface area contributed by atoms with Crippen LogP contribution < -0.4 is 9.92 Å². The van der Waals surface area contributed by atoms with Crippen LogP contribution >= 0.6 is 0 Å². The number of imidazole rings is 1. The molecule has 0 saturated heterocycles. The number of aromatic nitrogens is 2. The maximum Gasteiger partial charge on any atom is 0.119 e. The molecule has 5 aromatic carbocycles. The maximum atomic E-state index is 6.12. The van der Waals surface area contributed by atoms with Gasteiger partial charge in [-0.05, 0) is 47.1 Å². The average Bonchev–Trinajstić information content (AvgIpc) is 3.61. The van der Waals surface area contributed by atoms with Gasteiger partial charge in [0.1, 0.15) is 5.75 Å². The van der Waals surface area contributed by atoms with Crippen molar-refractivity contribution < 1.29 is 4.74 Å². The summed E-state index contributed by atoms with van der Waals surface area (Å²) in [6.45, 7) is 2.70. The lowest BCUT2D eigenvalue weighted by Crippen LogP contribution is -2.46. The molecule has 0 unspecified atom stereocenters. The van der Waals surface area contributed by atoms with Crippen molar-refractivity contribution in [2.24, 2.45) is 0 Å². The van der Waals surface area contributed by atoms with E-state index in [-0.39, 0.29) is 11.0 Å². The molecule has 42 heavy (non-hydrogen) atoms. The highest BCUT2D eigenvalue weighted by molar-refractivity contribution is 6.57. The lowest BCUT2D eigenvalue weighted by molar-refractivity contribution is 0.340. The normalized spacial score (nSPS) is 11.3. The second kappa shape index (κ2) is 14.3. The summed E-state index contributed by atoms with van der Waals surface area (Å²) in [5.41, 5.74) is 4.87. The molecule has 6 aromatic rings. The van der Waals surface area contributed by atoms with Crippen molar-refractivity contribution in [3.05, 3.63) is 187 Å². The molecule has 0 N–H and O–H groups in total. The van der Waals surface area contributed by atoms with Crippen molar-refractivity contribution in [1.82, 2.24) is 9.55 Å². The summed E-state index contributed by atoms with van der Waals surface area (Å²) < 4.78 is 8.04. The summed E-state index contributed by atoms with van der Waals surface area (Å²) in [5, 5.41) is 1.09. The molecule has 0 amide bonds. The number of hydrogen-bond acceptors (Lipinski definition) is 2. The fourth-order valence-electron chi connectivity index (χ4n) is 5.39. The van der Waals surface area contributed by atoms with E-state index in [2.05, 4.69) is 119 Å². The topological polar surface area (TPSA) is 27.1 Å². The zero-order valence-corrected chi connectivity index (χ0v) is 25.4. The minimum absolute atomic E-state index is 0.0163. The largest absolute Gasteiger partial charge is 0.494 e. The van der Waals surface area contributed by atoms with Gasteiger partial charge in [-0.25, -0.2) is 4.98 Å². The van der Waals surface area contributed by atoms with Crippen LogP contribution in [0.5, 0.6) is 5.75 Å². The van der Waals surface area contributed by atoms with Crippen molar-refractivity contribution in [2.75, 3.05) is 6.61 Å². The Bertz CT molecular complexity index is 1530. The number of nitrogens with zero attached hydrogens (tertiary/aromatic N) is 2. The summed E-state index contributed by atoms with van der Waals surface area (Å²) in [7, 11) is 5.25. The molecule has 6 rings (SSSR count). The number of rotatable bonds is 9. The van der Waals surface area contributed by atoms with Gasteiger partial charge in [-0.1, -0.05) is 139 Å². The smallest absolute Gasteiger partial charge is 0.119 e. The molecule has 0 aliphatic heterocycles. The van der Waals surface area contributed by atoms with Crippen molar-refractivity contribution in [1.29, 1.82) is 0 Å². The number of hydrogen-bond donors (Lipinski definition) is 0. The lowest BCUT2D eigenvalue weighted by Gasteiger charge is -2.37. The Morgan fingerprint density at radius 1 is 0.714 bits per heavy atom. The van der Waals surface area contributed by atoms with Crippen LogP contribution in [0, 0.1) is 0 Å². The van der Waals surface area contributed by atoms with Gasteiger partial charge in [0.05, 0.1) is 35.5 Å². The first kappa shape index (κ1) is 28.9. The van der Waals surface area contributed by atoms with Gasteiger partial charge < -0.3 is 9.30 Å². The average molecular weight is 563 g/mol. The van der Waals surface area contributed by atoms with Gasteiger partial charge in [0.25, 0.3) is 0 Å². The molecule has 5 heteroatoms. The first-order valence-corrected chi connectivity index (χ1v) is 15.8. The predicted octanol–water partition coefficient (Wildman–Crippen LogP) is 6.47. The molecule has 1 aromatic heterocycles. The van der Waals surface area contributed by atoms with Crippen molar-refractivity contribution in [3.63, 3.8) is 0 Å². The van der Waals surface area contributed by atoms with E-state index in [0.717, 1.165) is 16.9 Å². The van der Waals surface area contributed by atoms with Crippen molar-refractivity contribution >= 4 is 22.6 Å². The van der Waals surface area contributed by atoms with Gasteiger partial charge in [-0.3, -0.25) is 0 Å². The van der Waals surface area contributed by atoms with Gasteiger partial charge in [0.2, 0.25) is 0 Å². The van der Waals surface area contributed by atoms with E-state index in [1.54, 1.807) is 0 Å². The quantitative estimate of drug-likeness (QED) is 0.189. The Labute approximate surface area is 253 Å². The molecule has 0 aliphatic carbocycles. The van der Waals surface area contributed by atoms with Crippen LogP contribution in [0.4, 0.5) is 0 Å². The lowest BCUT2D eigenvalue weighted by atomic mass is 9.76. The van der Waals surface area contributed by atoms with Crippen LogP contribution in [-0.2, 0) is 5.16 Å². The fraction of sp³-hybridized carbons (Fsp3) is 0.108. The highest BCUT2D eigenvalue weighted by Crippen LogP contribution is 2.33. The van der Waals surface area contributed by atoms with E-state index in [1.807, 2.05) is 61.9 Å². The molecular formula is C37H35BN2OSi. The van der Waals surface area contributed by atoms with E-state index >= 15 is 0 Å². The van der Waals surface area contributed by atoms with Gasteiger partial charge in [-0.15, -0.1) is 0 Å². The summed E-state index contributed by atoms with van der Waals surface area (Å²) in [4.78, 5) is 4.39. The highest BCUT2D eigenvalue weighted by atomic mass is 28.2. The van der Waals surface area contributed by atoms with Gasteiger partial charge in [0, 0.05) is 12.4 Å². The second-order valence-electron chi connectivity index (χ2n) is 10.1. The maximum absolute atomic E-state index is 6.12. The Hall–Kier alpha value is -4.61. The van der Waals surface area contributed by atoms with Crippen LogP contribution in [0.1, 0.15) is 35.0 Å². The van der Waals surface area contributed by atoms with E-state index in [0.29, 0.717) is 6.61 Å². The zero-order chi connectivity index (χ0) is 29.0. The minimum Gasteiger partial charge on any atom is -0.494 e. The first-order chi connectivity index (χ1) is 20.7. The Kier molecular flexibility index (Phi) is 9.86. The van der Waals surface area contributed by atoms with E-state index < -0.39 is 9.52 Å². The van der Waals surface area contributed by atoms with Crippen LogP contribution in [-0.4, -0.2) is 33.5 Å². The Morgan fingerprint density at radius 2 is 1.24 bits per heavy atom. The van der Waals surface area contributed by atoms with Gasteiger partial charge in [0.15, 0.2) is 0 Å². The first-order valence-electron chi connectivity index (χ1n) is 14.4. The van der Waals surface area contributed by atoms with E-state index in [1.165, 1.54) is 16.3 Å². The Morgan fingerprint density at radius 3 is 1.71 bits per heavy atom. The monoisotopic (exact) mass is 562 g/mol. The third kappa shape index (κ3) is 6.81. The number of ether oxygens (including phenoxy) is 1. The Balaban J connectivity index is 0.000000211. The molecule has 0 bridgehead atoms. The third-order valence-corrected chi connectivity index (χ3v) is 9.98. The minimum atomic E-state index is -0.865. The summed E-state index contributed by atoms with van der Waals surface area (Å²) in [6, 6.07) is 50.4. The SMILES string of the molecule is CCOc1cccc([SiH2]C(c2ccccc2)(c2ccccc2)n2ccnc2)c1.[B]C(c1ccccc1)c1ccccc1. The van der Waals surface area contributed by atoms with Crippen molar-refractivity contribution in [2.45, 2.75) is 17.9 Å². The fourth-order valence-corrected chi connectivity index (χ4v) is 7.79. The number of benzene rings is 5. The molecule has 0 aliphatic rings. The molecule has 2 radical (unpaired) electrons. The van der Waals surface area contributed by atoms with Crippen LogP contribution in [0.3, 0.4) is 0 Å². The van der Waals surface area contributed by atoms with Gasteiger partial charge >= 0.3 is 0 Å². The van der Waals surface area contributed by atoms with Crippen LogP contribution in [0.25, 0.3) is 0 Å². The highest BCUT2D eigenvalue weighted by Gasteiger charge is 2.36. The van der Waals surface area contributed by atoms with Crippen LogP contribution in [0.2, 0.25) is 0 Å². The summed E-state index contributed by atoms with van der Waals surface area (Å²) in [5.74, 6) is 0.922.